The molecule has 1 aromatic carbocycles. The molecule has 2 heterocycles. The predicted octanol–water partition coefficient (Wildman–Crippen LogP) is 2.76. The van der Waals surface area contributed by atoms with Crippen LogP contribution in [0.1, 0.15) is 12.0 Å². The quantitative estimate of drug-likeness (QED) is 0.782. The normalized spacial score (nSPS) is 20.9. The number of pyridine rings is 1. The topological polar surface area (TPSA) is 43.8 Å². The van der Waals surface area contributed by atoms with E-state index in [1.54, 1.807) is 26.6 Å². The van der Waals surface area contributed by atoms with Crippen molar-refractivity contribution < 1.29 is 14.2 Å². The molecule has 0 amide bonds. The maximum atomic E-state index is 5.92. The largest absolute Gasteiger partial charge is 0.496 e. The average Bonchev–Trinajstić information content (AvgIpc) is 3.03. The molecule has 5 heteroatoms. The van der Waals surface area contributed by atoms with Gasteiger partial charge < -0.3 is 14.2 Å². The third-order valence-electron chi connectivity index (χ3n) is 4.47. The maximum absolute atomic E-state index is 5.92. The highest BCUT2D eigenvalue weighted by atomic mass is 16.5. The lowest BCUT2D eigenvalue weighted by molar-refractivity contribution is 0.107. The Labute approximate surface area is 143 Å². The third-order valence-corrected chi connectivity index (χ3v) is 4.47. The second-order valence-electron chi connectivity index (χ2n) is 5.99. The lowest BCUT2D eigenvalue weighted by Crippen LogP contribution is -2.34. The number of nitrogens with zero attached hydrogens (tertiary/aromatic N) is 2. The highest BCUT2D eigenvalue weighted by Gasteiger charge is 2.33. The van der Waals surface area contributed by atoms with E-state index in [2.05, 4.69) is 16.0 Å². The minimum Gasteiger partial charge on any atom is -0.496 e. The number of likely N-dealkylation sites (tertiary alicyclic amines) is 1. The highest BCUT2D eigenvalue weighted by Crippen LogP contribution is 2.26. The van der Waals surface area contributed by atoms with E-state index >= 15 is 0 Å². The van der Waals surface area contributed by atoms with Crippen molar-refractivity contribution in [1.82, 2.24) is 9.88 Å². The smallest absolute Gasteiger partial charge is 0.137 e. The number of ether oxygens (including phenoxy) is 3. The fourth-order valence-corrected chi connectivity index (χ4v) is 3.15. The maximum Gasteiger partial charge on any atom is 0.137 e. The van der Waals surface area contributed by atoms with Gasteiger partial charge in [-0.25, -0.2) is 0 Å². The molecule has 3 rings (SSSR count). The van der Waals surface area contributed by atoms with Gasteiger partial charge in [0, 0.05) is 38.0 Å². The molecule has 128 valence electrons. The number of methoxy groups -OCH3 is 2. The molecule has 0 spiro atoms. The summed E-state index contributed by atoms with van der Waals surface area (Å²) >= 11 is 0. The summed E-state index contributed by atoms with van der Waals surface area (Å²) in [6.45, 7) is 2.35. The summed E-state index contributed by atoms with van der Waals surface area (Å²) in [5.41, 5.74) is 1.18. The van der Waals surface area contributed by atoms with E-state index in [1.807, 2.05) is 30.3 Å². The van der Waals surface area contributed by atoms with Crippen molar-refractivity contribution in [1.29, 1.82) is 0 Å². The van der Waals surface area contributed by atoms with Gasteiger partial charge in [-0.05, 0) is 24.6 Å². The first-order chi connectivity index (χ1) is 11.8. The molecule has 24 heavy (non-hydrogen) atoms. The summed E-state index contributed by atoms with van der Waals surface area (Å²) < 4.78 is 17.0. The molecule has 1 aromatic heterocycles. The monoisotopic (exact) mass is 328 g/mol. The van der Waals surface area contributed by atoms with Crippen LogP contribution in [0.15, 0.2) is 48.8 Å². The standard InChI is InChI=1S/C19H24N2O3/c1-22-18-10-16(14-24-17-7-5-9-20-11-17)21(13-18)12-15-6-3-4-8-19(15)23-2/h3-9,11,16,18H,10,12-14H2,1-2H3/t16-,18+/m0/s1. The van der Waals surface area contributed by atoms with Gasteiger partial charge in [-0.3, -0.25) is 9.88 Å². The van der Waals surface area contributed by atoms with Crippen molar-refractivity contribution >= 4 is 0 Å². The summed E-state index contributed by atoms with van der Waals surface area (Å²) in [5.74, 6) is 1.72. The average molecular weight is 328 g/mol. The zero-order valence-electron chi connectivity index (χ0n) is 14.2. The fourth-order valence-electron chi connectivity index (χ4n) is 3.15. The molecular weight excluding hydrogens is 304 g/mol. The Morgan fingerprint density at radius 2 is 2.04 bits per heavy atom. The second-order valence-corrected chi connectivity index (χ2v) is 5.99. The van der Waals surface area contributed by atoms with Crippen LogP contribution in [0.3, 0.4) is 0 Å². The van der Waals surface area contributed by atoms with Gasteiger partial charge in [0.1, 0.15) is 18.1 Å². The SMILES string of the molecule is COc1ccccc1CN1C[C@H](OC)C[C@H]1COc1cccnc1. The van der Waals surface area contributed by atoms with Gasteiger partial charge in [0.25, 0.3) is 0 Å². The minimum absolute atomic E-state index is 0.238. The lowest BCUT2D eigenvalue weighted by atomic mass is 10.1. The summed E-state index contributed by atoms with van der Waals surface area (Å²) in [5, 5.41) is 0. The Hall–Kier alpha value is -2.11. The molecule has 0 saturated carbocycles. The molecule has 0 radical (unpaired) electrons. The van der Waals surface area contributed by atoms with Gasteiger partial charge >= 0.3 is 0 Å². The van der Waals surface area contributed by atoms with Crippen molar-refractivity contribution in [3.63, 3.8) is 0 Å². The number of para-hydroxylation sites is 1. The summed E-state index contributed by atoms with van der Waals surface area (Å²) in [4.78, 5) is 6.50. The first kappa shape index (κ1) is 16.7. The van der Waals surface area contributed by atoms with Crippen LogP contribution in [0.2, 0.25) is 0 Å². The third kappa shape index (κ3) is 4.04. The van der Waals surface area contributed by atoms with Gasteiger partial charge in [0.2, 0.25) is 0 Å². The molecule has 1 aliphatic rings. The Morgan fingerprint density at radius 1 is 1.17 bits per heavy atom. The molecule has 0 N–H and O–H groups in total. The fraction of sp³-hybridized carbons (Fsp3) is 0.421. The van der Waals surface area contributed by atoms with Crippen LogP contribution in [0.4, 0.5) is 0 Å². The van der Waals surface area contributed by atoms with Gasteiger partial charge in [-0.15, -0.1) is 0 Å². The Kier molecular flexibility index (Phi) is 5.67. The van der Waals surface area contributed by atoms with Gasteiger partial charge in [-0.2, -0.15) is 0 Å². The second kappa shape index (κ2) is 8.13. The van der Waals surface area contributed by atoms with Crippen molar-refractivity contribution in [2.24, 2.45) is 0 Å². The summed E-state index contributed by atoms with van der Waals surface area (Å²) in [7, 11) is 3.49. The Balaban J connectivity index is 1.67. The van der Waals surface area contributed by atoms with E-state index in [0.717, 1.165) is 31.0 Å². The molecule has 2 atom stereocenters. The Bertz CT molecular complexity index is 636. The molecular formula is C19H24N2O3. The van der Waals surface area contributed by atoms with E-state index in [1.165, 1.54) is 5.56 Å². The van der Waals surface area contributed by atoms with Gasteiger partial charge in [0.15, 0.2) is 0 Å². The van der Waals surface area contributed by atoms with E-state index in [9.17, 15) is 0 Å². The number of aromatic nitrogens is 1. The van der Waals surface area contributed by atoms with Crippen molar-refractivity contribution in [2.45, 2.75) is 25.1 Å². The summed E-state index contributed by atoms with van der Waals surface area (Å²) in [6.07, 6.45) is 4.69. The van der Waals surface area contributed by atoms with Crippen LogP contribution in [-0.4, -0.2) is 49.4 Å². The predicted molar refractivity (Wildman–Crippen MR) is 92.3 cm³/mol. The number of hydrogen-bond acceptors (Lipinski definition) is 5. The molecule has 2 aromatic rings. The number of rotatable bonds is 7. The van der Waals surface area contributed by atoms with Crippen LogP contribution in [0, 0.1) is 0 Å². The van der Waals surface area contributed by atoms with Crippen LogP contribution in [-0.2, 0) is 11.3 Å². The van der Waals surface area contributed by atoms with Crippen LogP contribution in [0.25, 0.3) is 0 Å². The highest BCUT2D eigenvalue weighted by molar-refractivity contribution is 5.33. The van der Waals surface area contributed by atoms with Crippen molar-refractivity contribution in [3.05, 3.63) is 54.4 Å². The van der Waals surface area contributed by atoms with Crippen LogP contribution >= 0.6 is 0 Å². The molecule has 1 fully saturated rings. The first-order valence-corrected chi connectivity index (χ1v) is 8.21. The van der Waals surface area contributed by atoms with Gasteiger partial charge in [-0.1, -0.05) is 18.2 Å². The van der Waals surface area contributed by atoms with E-state index in [4.69, 9.17) is 14.2 Å². The zero-order valence-corrected chi connectivity index (χ0v) is 14.2. The molecule has 5 nitrogen and oxygen atoms in total. The molecule has 0 unspecified atom stereocenters. The van der Waals surface area contributed by atoms with E-state index in [-0.39, 0.29) is 6.10 Å². The minimum atomic E-state index is 0.238. The molecule has 1 aliphatic heterocycles. The molecule has 1 saturated heterocycles. The van der Waals surface area contributed by atoms with Crippen molar-refractivity contribution in [3.8, 4) is 11.5 Å². The summed E-state index contributed by atoms with van der Waals surface area (Å²) in [6, 6.07) is 12.3. The molecule has 0 bridgehead atoms. The van der Waals surface area contributed by atoms with Gasteiger partial charge in [0.05, 0.1) is 19.4 Å². The van der Waals surface area contributed by atoms with Crippen molar-refractivity contribution in [2.75, 3.05) is 27.4 Å². The zero-order chi connectivity index (χ0) is 16.8. The number of benzene rings is 1. The number of hydrogen-bond donors (Lipinski definition) is 0. The van der Waals surface area contributed by atoms with Crippen LogP contribution in [0.5, 0.6) is 11.5 Å². The van der Waals surface area contributed by atoms with E-state index in [0.29, 0.717) is 12.6 Å². The molecule has 0 aliphatic carbocycles. The first-order valence-electron chi connectivity index (χ1n) is 8.21. The van der Waals surface area contributed by atoms with E-state index < -0.39 is 0 Å². The lowest BCUT2D eigenvalue weighted by Gasteiger charge is -2.25. The van der Waals surface area contributed by atoms with Crippen LogP contribution < -0.4 is 9.47 Å². The Morgan fingerprint density at radius 3 is 2.79 bits per heavy atom.